The predicted octanol–water partition coefficient (Wildman–Crippen LogP) is 2.16. The summed E-state index contributed by atoms with van der Waals surface area (Å²) in [6, 6.07) is 8.57. The lowest BCUT2D eigenvalue weighted by Crippen LogP contribution is -2.45. The number of hydrogen-bond donors (Lipinski definition) is 2. The number of hydrogen-bond acceptors (Lipinski definition) is 4. The predicted molar refractivity (Wildman–Crippen MR) is 86.7 cm³/mol. The minimum atomic E-state index is -0.617. The zero-order valence-electron chi connectivity index (χ0n) is 13.3. The van der Waals surface area contributed by atoms with E-state index in [1.165, 1.54) is 5.56 Å². The van der Waals surface area contributed by atoms with Crippen LogP contribution in [0.25, 0.3) is 0 Å². The van der Waals surface area contributed by atoms with Crippen molar-refractivity contribution in [3.8, 4) is 0 Å². The first-order valence-electron chi connectivity index (χ1n) is 7.94. The van der Waals surface area contributed by atoms with Crippen molar-refractivity contribution in [3.05, 3.63) is 29.8 Å². The van der Waals surface area contributed by atoms with Crippen molar-refractivity contribution in [3.63, 3.8) is 0 Å². The molecule has 1 aromatic rings. The normalized spacial score (nSPS) is 17.7. The molecular weight excluding hydrogens is 264 g/mol. The SMILES string of the molecule is CCCNCc1ccc(N(C)CC2(O)CCOCC2)cc1. The first-order valence-corrected chi connectivity index (χ1v) is 7.94. The summed E-state index contributed by atoms with van der Waals surface area (Å²) < 4.78 is 5.33. The molecule has 0 amide bonds. The second-order valence-corrected chi connectivity index (χ2v) is 6.04. The van der Waals surface area contributed by atoms with E-state index < -0.39 is 5.60 Å². The average molecular weight is 292 g/mol. The van der Waals surface area contributed by atoms with Gasteiger partial charge in [-0.25, -0.2) is 0 Å². The van der Waals surface area contributed by atoms with E-state index in [1.807, 2.05) is 7.05 Å². The molecule has 21 heavy (non-hydrogen) atoms. The van der Waals surface area contributed by atoms with Crippen LogP contribution in [0, 0.1) is 0 Å². The Hall–Kier alpha value is -1.10. The van der Waals surface area contributed by atoms with E-state index in [9.17, 15) is 5.11 Å². The van der Waals surface area contributed by atoms with E-state index in [4.69, 9.17) is 4.74 Å². The van der Waals surface area contributed by atoms with Crippen LogP contribution in [-0.4, -0.2) is 44.1 Å². The van der Waals surface area contributed by atoms with Crippen molar-refractivity contribution in [2.24, 2.45) is 0 Å². The third kappa shape index (κ3) is 4.99. The Morgan fingerprint density at radius 2 is 1.90 bits per heavy atom. The van der Waals surface area contributed by atoms with Gasteiger partial charge >= 0.3 is 0 Å². The molecule has 0 aliphatic carbocycles. The molecule has 0 saturated carbocycles. The van der Waals surface area contributed by atoms with Gasteiger partial charge in [-0.2, -0.15) is 0 Å². The molecular formula is C17H28N2O2. The fourth-order valence-electron chi connectivity index (χ4n) is 2.72. The van der Waals surface area contributed by atoms with Crippen molar-refractivity contribution >= 4 is 5.69 Å². The summed E-state index contributed by atoms with van der Waals surface area (Å²) >= 11 is 0. The third-order valence-electron chi connectivity index (χ3n) is 4.09. The van der Waals surface area contributed by atoms with Gasteiger partial charge in [-0.1, -0.05) is 19.1 Å². The molecule has 1 fully saturated rings. The highest BCUT2D eigenvalue weighted by molar-refractivity contribution is 5.47. The monoisotopic (exact) mass is 292 g/mol. The topological polar surface area (TPSA) is 44.7 Å². The molecule has 118 valence electrons. The van der Waals surface area contributed by atoms with Gasteiger partial charge in [-0.05, 0) is 30.7 Å². The maximum Gasteiger partial charge on any atom is 0.0865 e. The Morgan fingerprint density at radius 1 is 1.24 bits per heavy atom. The van der Waals surface area contributed by atoms with Crippen molar-refractivity contribution in [2.75, 3.05) is 38.3 Å². The highest BCUT2D eigenvalue weighted by atomic mass is 16.5. The molecule has 1 saturated heterocycles. The lowest BCUT2D eigenvalue weighted by molar-refractivity contribution is -0.0572. The first-order chi connectivity index (χ1) is 10.1. The fourth-order valence-corrected chi connectivity index (χ4v) is 2.72. The van der Waals surface area contributed by atoms with Gasteiger partial charge in [0, 0.05) is 51.9 Å². The molecule has 2 rings (SSSR count). The third-order valence-corrected chi connectivity index (χ3v) is 4.09. The number of nitrogens with one attached hydrogen (secondary N) is 1. The summed E-state index contributed by atoms with van der Waals surface area (Å²) in [6.07, 6.45) is 2.59. The van der Waals surface area contributed by atoms with Crippen molar-refractivity contribution in [1.29, 1.82) is 0 Å². The molecule has 0 radical (unpaired) electrons. The van der Waals surface area contributed by atoms with Gasteiger partial charge in [0.1, 0.15) is 0 Å². The smallest absolute Gasteiger partial charge is 0.0865 e. The highest BCUT2D eigenvalue weighted by Crippen LogP contribution is 2.24. The number of anilines is 1. The molecule has 2 N–H and O–H groups in total. The van der Waals surface area contributed by atoms with Gasteiger partial charge in [0.05, 0.1) is 5.60 Å². The molecule has 1 aromatic carbocycles. The molecule has 4 nitrogen and oxygen atoms in total. The summed E-state index contributed by atoms with van der Waals surface area (Å²) in [4.78, 5) is 2.13. The summed E-state index contributed by atoms with van der Waals surface area (Å²) in [5.41, 5.74) is 1.83. The summed E-state index contributed by atoms with van der Waals surface area (Å²) in [7, 11) is 2.04. The van der Waals surface area contributed by atoms with E-state index in [0.29, 0.717) is 19.8 Å². The van der Waals surface area contributed by atoms with Gasteiger partial charge in [-0.15, -0.1) is 0 Å². The Bertz CT molecular complexity index is 413. The van der Waals surface area contributed by atoms with Crippen LogP contribution in [-0.2, 0) is 11.3 Å². The minimum absolute atomic E-state index is 0.617. The number of aliphatic hydroxyl groups is 1. The maximum atomic E-state index is 10.6. The number of likely N-dealkylation sites (N-methyl/N-ethyl adjacent to an activating group) is 1. The van der Waals surface area contributed by atoms with Crippen LogP contribution >= 0.6 is 0 Å². The van der Waals surface area contributed by atoms with Gasteiger partial charge in [0.2, 0.25) is 0 Å². The van der Waals surface area contributed by atoms with Gasteiger partial charge in [0.15, 0.2) is 0 Å². The quantitative estimate of drug-likeness (QED) is 0.756. The molecule has 1 heterocycles. The van der Waals surface area contributed by atoms with Crippen LogP contribution in [0.3, 0.4) is 0 Å². The minimum Gasteiger partial charge on any atom is -0.388 e. The van der Waals surface area contributed by atoms with Crippen LogP contribution in [0.4, 0.5) is 5.69 Å². The lowest BCUT2D eigenvalue weighted by atomic mass is 9.94. The molecule has 0 bridgehead atoms. The van der Waals surface area contributed by atoms with Gasteiger partial charge in [0.25, 0.3) is 0 Å². The maximum absolute atomic E-state index is 10.6. The highest BCUT2D eigenvalue weighted by Gasteiger charge is 2.31. The number of benzene rings is 1. The number of nitrogens with zero attached hydrogens (tertiary/aromatic N) is 1. The van der Waals surface area contributed by atoms with Crippen molar-refractivity contribution in [1.82, 2.24) is 5.32 Å². The van der Waals surface area contributed by atoms with Gasteiger partial charge in [-0.3, -0.25) is 0 Å². The van der Waals surface area contributed by atoms with Crippen LogP contribution < -0.4 is 10.2 Å². The van der Waals surface area contributed by atoms with Crippen molar-refractivity contribution < 1.29 is 9.84 Å². The second kappa shape index (κ2) is 7.78. The van der Waals surface area contributed by atoms with Crippen LogP contribution in [0.1, 0.15) is 31.7 Å². The number of rotatable bonds is 7. The molecule has 0 aromatic heterocycles. The molecule has 0 atom stereocenters. The zero-order valence-corrected chi connectivity index (χ0v) is 13.3. The first kappa shape index (κ1) is 16.3. The molecule has 1 aliphatic rings. The summed E-state index contributed by atoms with van der Waals surface area (Å²) in [6.45, 7) is 6.12. The van der Waals surface area contributed by atoms with E-state index in [-0.39, 0.29) is 0 Å². The van der Waals surface area contributed by atoms with Crippen LogP contribution in [0.5, 0.6) is 0 Å². The van der Waals surface area contributed by atoms with Crippen molar-refractivity contribution in [2.45, 2.75) is 38.3 Å². The summed E-state index contributed by atoms with van der Waals surface area (Å²) in [5.74, 6) is 0. The van der Waals surface area contributed by atoms with Crippen LogP contribution in [0.2, 0.25) is 0 Å². The average Bonchev–Trinajstić information content (AvgIpc) is 2.48. The number of ether oxygens (including phenoxy) is 1. The van der Waals surface area contributed by atoms with Gasteiger partial charge < -0.3 is 20.1 Å². The van der Waals surface area contributed by atoms with E-state index >= 15 is 0 Å². The Morgan fingerprint density at radius 3 is 2.52 bits per heavy atom. The molecule has 4 heteroatoms. The Balaban J connectivity index is 1.88. The lowest BCUT2D eigenvalue weighted by Gasteiger charge is -2.36. The zero-order chi connectivity index (χ0) is 15.1. The van der Waals surface area contributed by atoms with Crippen LogP contribution in [0.15, 0.2) is 24.3 Å². The second-order valence-electron chi connectivity index (χ2n) is 6.04. The molecule has 0 unspecified atom stereocenters. The largest absolute Gasteiger partial charge is 0.388 e. The van der Waals surface area contributed by atoms with E-state index in [2.05, 4.69) is 41.4 Å². The Kier molecular flexibility index (Phi) is 6.03. The van der Waals surface area contributed by atoms with E-state index in [0.717, 1.165) is 38.0 Å². The Labute approximate surface area is 128 Å². The molecule has 0 spiro atoms. The van der Waals surface area contributed by atoms with E-state index in [1.54, 1.807) is 0 Å². The standard InChI is InChI=1S/C17H28N2O2/c1-3-10-18-13-15-4-6-16(7-5-15)19(2)14-17(20)8-11-21-12-9-17/h4-7,18,20H,3,8-14H2,1-2H3. The molecule has 1 aliphatic heterocycles. The summed E-state index contributed by atoms with van der Waals surface area (Å²) in [5, 5.41) is 14.0. The fraction of sp³-hybridized carbons (Fsp3) is 0.647.